The lowest BCUT2D eigenvalue weighted by Gasteiger charge is -2.10. The Morgan fingerprint density at radius 2 is 1.84 bits per heavy atom. The zero-order chi connectivity index (χ0) is 14.0. The predicted octanol–water partition coefficient (Wildman–Crippen LogP) is 2.12. The minimum absolute atomic E-state index is 0.0263. The topological polar surface area (TPSA) is 46.4 Å². The average molecular weight is 261 g/mol. The second-order valence-corrected chi connectivity index (χ2v) is 4.94. The number of carbonyl (C=O) groups excluding carboxylic acids is 2. The molecule has 1 aromatic carbocycles. The van der Waals surface area contributed by atoms with Crippen LogP contribution in [0.15, 0.2) is 12.1 Å². The highest BCUT2D eigenvalue weighted by Gasteiger charge is 2.24. The van der Waals surface area contributed by atoms with Crippen molar-refractivity contribution in [1.29, 1.82) is 0 Å². The van der Waals surface area contributed by atoms with E-state index in [0.29, 0.717) is 12.0 Å². The fraction of sp³-hybridized carbons (Fsp3) is 0.467. The molecule has 1 heterocycles. The van der Waals surface area contributed by atoms with Crippen molar-refractivity contribution in [1.82, 2.24) is 4.90 Å². The summed E-state index contributed by atoms with van der Waals surface area (Å²) in [6, 6.07) is 3.72. The van der Waals surface area contributed by atoms with Crippen LogP contribution in [0.5, 0.6) is 5.75 Å². The number of methoxy groups -OCH3 is 1. The molecule has 0 unspecified atom stereocenters. The molecule has 1 fully saturated rings. The first-order valence-electron chi connectivity index (χ1n) is 6.49. The van der Waals surface area contributed by atoms with Crippen LogP contribution in [0.4, 0.5) is 0 Å². The van der Waals surface area contributed by atoms with E-state index in [4.69, 9.17) is 4.74 Å². The molecule has 19 heavy (non-hydrogen) atoms. The van der Waals surface area contributed by atoms with Gasteiger partial charge in [0.25, 0.3) is 0 Å². The van der Waals surface area contributed by atoms with Gasteiger partial charge in [-0.1, -0.05) is 0 Å². The minimum atomic E-state index is 0.0263. The molecule has 0 spiro atoms. The van der Waals surface area contributed by atoms with Crippen LogP contribution in [0.1, 0.15) is 34.3 Å². The summed E-state index contributed by atoms with van der Waals surface area (Å²) in [6.07, 6.45) is 0.589. The van der Waals surface area contributed by atoms with Gasteiger partial charge in [-0.2, -0.15) is 0 Å². The van der Waals surface area contributed by atoms with Crippen molar-refractivity contribution in [3.8, 4) is 5.75 Å². The second kappa shape index (κ2) is 5.43. The first-order valence-corrected chi connectivity index (χ1v) is 6.49. The van der Waals surface area contributed by atoms with Crippen LogP contribution in [0.3, 0.4) is 0 Å². The van der Waals surface area contributed by atoms with E-state index in [1.807, 2.05) is 26.0 Å². The Morgan fingerprint density at radius 3 is 2.42 bits per heavy atom. The number of carbonyl (C=O) groups is 2. The van der Waals surface area contributed by atoms with Crippen LogP contribution in [0.25, 0.3) is 0 Å². The molecule has 4 nitrogen and oxygen atoms in total. The molecule has 1 aliphatic rings. The Bertz CT molecular complexity index is 518. The van der Waals surface area contributed by atoms with E-state index in [0.717, 1.165) is 30.0 Å². The summed E-state index contributed by atoms with van der Waals surface area (Å²) in [5, 5.41) is 0. The zero-order valence-corrected chi connectivity index (χ0v) is 11.7. The van der Waals surface area contributed by atoms with Gasteiger partial charge in [0.15, 0.2) is 5.78 Å². The second-order valence-electron chi connectivity index (χ2n) is 4.94. The number of hydrogen-bond acceptors (Lipinski definition) is 3. The lowest BCUT2D eigenvalue weighted by atomic mass is 9.98. The number of ketones is 1. The third-order valence-corrected chi connectivity index (χ3v) is 3.41. The molecule has 102 valence electrons. The van der Waals surface area contributed by atoms with Crippen LogP contribution < -0.4 is 4.74 Å². The average Bonchev–Trinajstić information content (AvgIpc) is 3.22. The molecule has 0 saturated carbocycles. The quantitative estimate of drug-likeness (QED) is 0.602. The third kappa shape index (κ3) is 3.13. The van der Waals surface area contributed by atoms with Crippen LogP contribution >= 0.6 is 0 Å². The molecule has 1 amide bonds. The fourth-order valence-corrected chi connectivity index (χ4v) is 2.12. The number of aryl methyl sites for hydroxylation is 2. The highest BCUT2D eigenvalue weighted by Crippen LogP contribution is 2.24. The van der Waals surface area contributed by atoms with E-state index in [-0.39, 0.29) is 18.1 Å². The van der Waals surface area contributed by atoms with Crippen LogP contribution in [0.2, 0.25) is 0 Å². The maximum atomic E-state index is 12.2. The molecule has 0 bridgehead atoms. The molecule has 0 aromatic heterocycles. The molecule has 1 aliphatic heterocycles. The lowest BCUT2D eigenvalue weighted by Crippen LogP contribution is -2.13. The number of Topliss-reactive ketones (excluding diaryl/α,β-unsaturated/α-hetero) is 1. The Labute approximate surface area is 113 Å². The lowest BCUT2D eigenvalue weighted by molar-refractivity contribution is -0.125. The van der Waals surface area contributed by atoms with Crippen molar-refractivity contribution < 1.29 is 14.3 Å². The van der Waals surface area contributed by atoms with E-state index in [2.05, 4.69) is 0 Å². The van der Waals surface area contributed by atoms with Gasteiger partial charge in [-0.3, -0.25) is 9.59 Å². The summed E-state index contributed by atoms with van der Waals surface area (Å²) in [4.78, 5) is 25.4. The van der Waals surface area contributed by atoms with E-state index in [9.17, 15) is 9.59 Å². The third-order valence-electron chi connectivity index (χ3n) is 3.41. The van der Waals surface area contributed by atoms with Crippen molar-refractivity contribution in [3.05, 3.63) is 28.8 Å². The molecule has 0 radical (unpaired) electrons. The Hall–Kier alpha value is -1.84. The highest BCUT2D eigenvalue weighted by atomic mass is 16.5. The molecule has 0 atom stereocenters. The van der Waals surface area contributed by atoms with Gasteiger partial charge in [-0.15, -0.1) is 0 Å². The number of rotatable bonds is 5. The van der Waals surface area contributed by atoms with Gasteiger partial charge in [0.2, 0.25) is 5.91 Å². The summed E-state index contributed by atoms with van der Waals surface area (Å²) >= 11 is 0. The minimum Gasteiger partial charge on any atom is -0.496 e. The molecular weight excluding hydrogens is 242 g/mol. The van der Waals surface area contributed by atoms with Gasteiger partial charge in [0.1, 0.15) is 5.75 Å². The van der Waals surface area contributed by atoms with Crippen molar-refractivity contribution >= 4 is 11.7 Å². The Balaban J connectivity index is 2.05. The SMILES string of the molecule is COc1cc(C)c(C(=O)CCC(=O)N2CC2)cc1C. The van der Waals surface area contributed by atoms with Gasteiger partial charge in [0, 0.05) is 31.5 Å². The van der Waals surface area contributed by atoms with Crippen LogP contribution in [-0.2, 0) is 4.79 Å². The standard InChI is InChI=1S/C15H19NO3/c1-10-9-14(19-3)11(2)8-12(10)13(17)4-5-15(18)16-6-7-16/h8-9H,4-7H2,1-3H3. The summed E-state index contributed by atoms with van der Waals surface area (Å²) in [6.45, 7) is 5.49. The molecule has 0 N–H and O–H groups in total. The smallest absolute Gasteiger partial charge is 0.223 e. The predicted molar refractivity (Wildman–Crippen MR) is 72.6 cm³/mol. The molecule has 1 saturated heterocycles. The number of hydrogen-bond donors (Lipinski definition) is 0. The number of nitrogens with zero attached hydrogens (tertiary/aromatic N) is 1. The van der Waals surface area contributed by atoms with E-state index in [1.54, 1.807) is 12.0 Å². The summed E-state index contributed by atoms with van der Waals surface area (Å²) in [5.41, 5.74) is 2.53. The van der Waals surface area contributed by atoms with Crippen molar-refractivity contribution in [2.75, 3.05) is 20.2 Å². The van der Waals surface area contributed by atoms with Crippen molar-refractivity contribution in [3.63, 3.8) is 0 Å². The van der Waals surface area contributed by atoms with Gasteiger partial charge in [-0.05, 0) is 37.1 Å². The van der Waals surface area contributed by atoms with Gasteiger partial charge < -0.3 is 9.64 Å². The summed E-state index contributed by atoms with van der Waals surface area (Å²) < 4.78 is 5.23. The monoisotopic (exact) mass is 261 g/mol. The zero-order valence-electron chi connectivity index (χ0n) is 11.7. The van der Waals surface area contributed by atoms with E-state index >= 15 is 0 Å². The maximum Gasteiger partial charge on any atom is 0.223 e. The first kappa shape index (κ1) is 13.6. The fourth-order valence-electron chi connectivity index (χ4n) is 2.12. The largest absolute Gasteiger partial charge is 0.496 e. The summed E-state index contributed by atoms with van der Waals surface area (Å²) in [7, 11) is 1.62. The maximum absolute atomic E-state index is 12.2. The molecule has 1 aromatic rings. The molecular formula is C15H19NO3. The molecule has 4 heteroatoms. The van der Waals surface area contributed by atoms with Gasteiger partial charge in [0.05, 0.1) is 7.11 Å². The molecule has 0 aliphatic carbocycles. The normalized spacial score (nSPS) is 13.3. The van der Waals surface area contributed by atoms with Crippen LogP contribution in [-0.4, -0.2) is 36.8 Å². The molecule has 2 rings (SSSR count). The van der Waals surface area contributed by atoms with Gasteiger partial charge in [-0.25, -0.2) is 0 Å². The highest BCUT2D eigenvalue weighted by molar-refractivity contribution is 5.99. The van der Waals surface area contributed by atoms with Crippen molar-refractivity contribution in [2.24, 2.45) is 0 Å². The van der Waals surface area contributed by atoms with E-state index in [1.165, 1.54) is 0 Å². The number of amides is 1. The van der Waals surface area contributed by atoms with E-state index < -0.39 is 0 Å². The Morgan fingerprint density at radius 1 is 1.16 bits per heavy atom. The van der Waals surface area contributed by atoms with Crippen LogP contribution in [0, 0.1) is 13.8 Å². The number of benzene rings is 1. The Kier molecular flexibility index (Phi) is 3.88. The van der Waals surface area contributed by atoms with Crippen molar-refractivity contribution in [2.45, 2.75) is 26.7 Å². The van der Waals surface area contributed by atoms with Gasteiger partial charge >= 0.3 is 0 Å². The summed E-state index contributed by atoms with van der Waals surface area (Å²) in [5.74, 6) is 0.893. The first-order chi connectivity index (χ1) is 9.02. The number of ether oxygens (including phenoxy) is 1.